The predicted octanol–water partition coefficient (Wildman–Crippen LogP) is 12.0. The topological polar surface area (TPSA) is 65.0 Å². The molecule has 0 saturated heterocycles. The average Bonchev–Trinajstić information content (AvgIpc) is 3.77. The Labute approximate surface area is 287 Å². The summed E-state index contributed by atoms with van der Waals surface area (Å²) in [5.74, 6) is 1.73. The van der Waals surface area contributed by atoms with Gasteiger partial charge in [-0.2, -0.15) is 0 Å². The van der Waals surface area contributed by atoms with Gasteiger partial charge in [-0.25, -0.2) is 15.0 Å². The maximum atomic E-state index is 6.60. The Morgan fingerprint density at radius 2 is 0.780 bits per heavy atom. The quantitative estimate of drug-likeness (QED) is 0.187. The normalized spacial score (nSPS) is 11.6. The molecule has 3 aromatic heterocycles. The summed E-state index contributed by atoms with van der Waals surface area (Å²) >= 11 is 0. The van der Waals surface area contributed by atoms with Crippen LogP contribution in [0.1, 0.15) is 0 Å². The van der Waals surface area contributed by atoms with E-state index in [1.165, 1.54) is 0 Å². The summed E-state index contributed by atoms with van der Waals surface area (Å²) < 4.78 is 12.9. The monoisotopic (exact) mass is 641 g/mol. The Morgan fingerprint density at radius 3 is 1.50 bits per heavy atom. The van der Waals surface area contributed by atoms with Crippen LogP contribution < -0.4 is 0 Å². The highest BCUT2D eigenvalue weighted by atomic mass is 16.3. The molecule has 0 N–H and O–H groups in total. The zero-order valence-corrected chi connectivity index (χ0v) is 26.7. The molecule has 0 bridgehead atoms. The van der Waals surface area contributed by atoms with Gasteiger partial charge in [-0.05, 0) is 34.9 Å². The van der Waals surface area contributed by atoms with Crippen molar-refractivity contribution in [3.8, 4) is 56.4 Å². The molecule has 0 aliphatic rings. The summed E-state index contributed by atoms with van der Waals surface area (Å²) in [6.45, 7) is 0. The first-order chi connectivity index (χ1) is 24.8. The number of benzene rings is 7. The van der Waals surface area contributed by atoms with E-state index in [1.807, 2.05) is 66.7 Å². The van der Waals surface area contributed by atoms with Gasteiger partial charge in [0, 0.05) is 43.8 Å². The zero-order chi connectivity index (χ0) is 33.0. The number of aromatic nitrogens is 3. The highest BCUT2D eigenvalue weighted by Crippen LogP contribution is 2.41. The molecule has 0 aliphatic carbocycles. The highest BCUT2D eigenvalue weighted by molar-refractivity contribution is 6.15. The number of furan rings is 2. The molecule has 10 aromatic rings. The number of hydrogen-bond donors (Lipinski definition) is 0. The maximum Gasteiger partial charge on any atom is 0.164 e. The van der Waals surface area contributed by atoms with Gasteiger partial charge in [-0.3, -0.25) is 0 Å². The third-order valence-electron chi connectivity index (χ3n) is 9.38. The van der Waals surface area contributed by atoms with E-state index in [1.54, 1.807) is 0 Å². The Balaban J connectivity index is 1.22. The first kappa shape index (κ1) is 28.2. The van der Waals surface area contributed by atoms with Crippen LogP contribution in [0, 0.1) is 0 Å². The maximum absolute atomic E-state index is 6.60. The van der Waals surface area contributed by atoms with Crippen LogP contribution in [0.2, 0.25) is 0 Å². The van der Waals surface area contributed by atoms with Gasteiger partial charge in [0.2, 0.25) is 0 Å². The van der Waals surface area contributed by atoms with Crippen LogP contribution in [-0.4, -0.2) is 15.0 Å². The largest absolute Gasteiger partial charge is 0.456 e. The van der Waals surface area contributed by atoms with Crippen LogP contribution in [0.3, 0.4) is 0 Å². The summed E-state index contributed by atoms with van der Waals surface area (Å²) in [4.78, 5) is 15.5. The van der Waals surface area contributed by atoms with Crippen molar-refractivity contribution >= 4 is 43.9 Å². The van der Waals surface area contributed by atoms with Gasteiger partial charge in [0.05, 0.1) is 0 Å². The van der Waals surface area contributed by atoms with E-state index in [0.29, 0.717) is 17.5 Å². The summed E-state index contributed by atoms with van der Waals surface area (Å²) in [5.41, 5.74) is 10.3. The molecule has 0 fully saturated rings. The molecule has 7 aromatic carbocycles. The standard InChI is InChI=1S/C45H27N3O2/c1-3-12-28(13-4-1)29-24-26-31(27-25-29)43-46-44(35-19-10-22-38-40(35)33-16-7-8-21-37(33)49-38)48-45(47-43)36-20-11-23-39-41(36)34-18-9-17-32(42(34)50-39)30-14-5-2-6-15-30/h1-27H. The third-order valence-corrected chi connectivity index (χ3v) is 9.38. The van der Waals surface area contributed by atoms with Gasteiger partial charge in [-0.15, -0.1) is 0 Å². The molecule has 5 nitrogen and oxygen atoms in total. The lowest BCUT2D eigenvalue weighted by molar-refractivity contribution is 0.669. The molecule has 0 unspecified atom stereocenters. The number of rotatable bonds is 5. The summed E-state index contributed by atoms with van der Waals surface area (Å²) in [5, 5.41) is 3.97. The van der Waals surface area contributed by atoms with Crippen LogP contribution in [0.5, 0.6) is 0 Å². The number of hydrogen-bond acceptors (Lipinski definition) is 5. The zero-order valence-electron chi connectivity index (χ0n) is 26.7. The first-order valence-electron chi connectivity index (χ1n) is 16.6. The summed E-state index contributed by atoms with van der Waals surface area (Å²) in [6, 6.07) is 55.6. The van der Waals surface area contributed by atoms with Crippen LogP contribution in [-0.2, 0) is 0 Å². The Kier molecular flexibility index (Phi) is 6.42. The molecular formula is C45H27N3O2. The number of para-hydroxylation sites is 2. The van der Waals surface area contributed by atoms with Crippen LogP contribution >= 0.6 is 0 Å². The molecule has 0 aliphatic heterocycles. The summed E-state index contributed by atoms with van der Waals surface area (Å²) in [7, 11) is 0. The van der Waals surface area contributed by atoms with Crippen molar-refractivity contribution in [3.05, 3.63) is 164 Å². The minimum Gasteiger partial charge on any atom is -0.456 e. The molecule has 50 heavy (non-hydrogen) atoms. The van der Waals surface area contributed by atoms with E-state index in [-0.39, 0.29) is 0 Å². The molecule has 3 heterocycles. The molecule has 0 spiro atoms. The number of nitrogens with zero attached hydrogens (tertiary/aromatic N) is 3. The Morgan fingerprint density at radius 1 is 0.300 bits per heavy atom. The van der Waals surface area contributed by atoms with Gasteiger partial charge in [0.15, 0.2) is 17.5 Å². The van der Waals surface area contributed by atoms with Gasteiger partial charge >= 0.3 is 0 Å². The molecule has 0 amide bonds. The van der Waals surface area contributed by atoms with Crippen LogP contribution in [0.15, 0.2) is 173 Å². The second kappa shape index (κ2) is 11.4. The van der Waals surface area contributed by atoms with E-state index < -0.39 is 0 Å². The predicted molar refractivity (Wildman–Crippen MR) is 202 cm³/mol. The van der Waals surface area contributed by atoms with Crippen molar-refractivity contribution in [1.29, 1.82) is 0 Å². The lowest BCUT2D eigenvalue weighted by atomic mass is 10.0. The first-order valence-corrected chi connectivity index (χ1v) is 16.6. The Bertz CT molecular complexity index is 2850. The van der Waals surface area contributed by atoms with Gasteiger partial charge in [0.25, 0.3) is 0 Å². The minimum absolute atomic E-state index is 0.570. The van der Waals surface area contributed by atoms with Gasteiger partial charge in [0.1, 0.15) is 22.3 Å². The van der Waals surface area contributed by atoms with E-state index in [0.717, 1.165) is 82.8 Å². The number of fused-ring (bicyclic) bond motifs is 6. The molecular weight excluding hydrogens is 615 g/mol. The summed E-state index contributed by atoms with van der Waals surface area (Å²) in [6.07, 6.45) is 0. The second-order valence-electron chi connectivity index (χ2n) is 12.4. The fourth-order valence-corrected chi connectivity index (χ4v) is 7.03. The fourth-order valence-electron chi connectivity index (χ4n) is 7.03. The molecule has 0 saturated carbocycles. The molecule has 234 valence electrons. The van der Waals surface area contributed by atoms with Crippen LogP contribution in [0.4, 0.5) is 0 Å². The van der Waals surface area contributed by atoms with E-state index in [9.17, 15) is 0 Å². The molecule has 0 atom stereocenters. The van der Waals surface area contributed by atoms with E-state index in [2.05, 4.69) is 97.1 Å². The lowest BCUT2D eigenvalue weighted by Crippen LogP contribution is -2.00. The van der Waals surface area contributed by atoms with Crippen molar-refractivity contribution in [2.75, 3.05) is 0 Å². The molecule has 0 radical (unpaired) electrons. The van der Waals surface area contributed by atoms with Crippen molar-refractivity contribution < 1.29 is 8.83 Å². The second-order valence-corrected chi connectivity index (χ2v) is 12.4. The average molecular weight is 642 g/mol. The van der Waals surface area contributed by atoms with E-state index >= 15 is 0 Å². The molecule has 5 heteroatoms. The fraction of sp³-hybridized carbons (Fsp3) is 0. The van der Waals surface area contributed by atoms with Crippen molar-refractivity contribution in [3.63, 3.8) is 0 Å². The third kappa shape index (κ3) is 4.60. The van der Waals surface area contributed by atoms with Gasteiger partial charge in [-0.1, -0.05) is 146 Å². The van der Waals surface area contributed by atoms with Crippen LogP contribution in [0.25, 0.3) is 100 Å². The van der Waals surface area contributed by atoms with Crippen molar-refractivity contribution in [2.45, 2.75) is 0 Å². The Hall–Kier alpha value is -6.85. The highest BCUT2D eigenvalue weighted by Gasteiger charge is 2.21. The van der Waals surface area contributed by atoms with E-state index in [4.69, 9.17) is 23.8 Å². The lowest BCUT2D eigenvalue weighted by Gasteiger charge is -2.10. The van der Waals surface area contributed by atoms with Crippen molar-refractivity contribution in [2.24, 2.45) is 0 Å². The molecule has 10 rings (SSSR count). The van der Waals surface area contributed by atoms with Gasteiger partial charge < -0.3 is 8.83 Å². The minimum atomic E-state index is 0.570. The SMILES string of the molecule is c1ccc(-c2ccc(-c3nc(-c4cccc5oc6ccccc6c45)nc(-c4cccc5oc6c(-c7ccccc7)cccc6c45)n3)cc2)cc1. The smallest absolute Gasteiger partial charge is 0.164 e. The van der Waals surface area contributed by atoms with Crippen molar-refractivity contribution in [1.82, 2.24) is 15.0 Å².